The molecule has 0 fully saturated rings. The van der Waals surface area contributed by atoms with Crippen molar-refractivity contribution in [3.8, 4) is 28.7 Å². The van der Waals surface area contributed by atoms with E-state index in [4.69, 9.17) is 4.74 Å². The van der Waals surface area contributed by atoms with Gasteiger partial charge in [-0.3, -0.25) is 9.59 Å². The maximum atomic E-state index is 13.0. The minimum absolute atomic E-state index is 0.0898. The van der Waals surface area contributed by atoms with Gasteiger partial charge in [-0.2, -0.15) is 0 Å². The normalized spacial score (nSPS) is 11.5. The highest BCUT2D eigenvalue weighted by Gasteiger charge is 2.31. The summed E-state index contributed by atoms with van der Waals surface area (Å²) in [4.78, 5) is 25.8. The van der Waals surface area contributed by atoms with E-state index in [9.17, 15) is 30.0 Å². The lowest BCUT2D eigenvalue weighted by Crippen LogP contribution is -2.17. The van der Waals surface area contributed by atoms with Gasteiger partial charge >= 0.3 is 0 Å². The molecule has 1 unspecified atom stereocenters. The van der Waals surface area contributed by atoms with Gasteiger partial charge in [0.15, 0.2) is 0 Å². The van der Waals surface area contributed by atoms with E-state index in [1.165, 1.54) is 13.2 Å². The molecule has 0 bridgehead atoms. The number of hydrogen-bond donors (Lipinski definition) is 4. The number of aromatic hydroxyl groups is 4. The smallest absolute Gasteiger partial charge is 0.241 e. The lowest BCUT2D eigenvalue weighted by Gasteiger charge is -2.20. The Bertz CT molecular complexity index is 1090. The summed E-state index contributed by atoms with van der Waals surface area (Å²) in [5.41, 5.74) is 1.27. The summed E-state index contributed by atoms with van der Waals surface area (Å²) in [5.74, 6) is -4.25. The van der Waals surface area contributed by atoms with Crippen LogP contribution in [-0.4, -0.2) is 39.1 Å². The van der Waals surface area contributed by atoms with Crippen LogP contribution in [0.1, 0.15) is 53.5 Å². The molecule has 0 aliphatic heterocycles. The number of phenolic OH excluding ortho intramolecular Hbond substituents is 4. The predicted molar refractivity (Wildman–Crippen MR) is 121 cm³/mol. The van der Waals surface area contributed by atoms with E-state index in [-0.39, 0.29) is 40.7 Å². The zero-order valence-corrected chi connectivity index (χ0v) is 18.6. The molecule has 0 saturated heterocycles. The summed E-state index contributed by atoms with van der Waals surface area (Å²) < 4.78 is 5.13. The van der Waals surface area contributed by atoms with E-state index in [1.54, 1.807) is 0 Å². The molecule has 0 aliphatic carbocycles. The quantitative estimate of drug-likeness (QED) is 0.254. The first kappa shape index (κ1) is 24.5. The average molecular weight is 440 g/mol. The molecule has 0 radical (unpaired) electrons. The maximum Gasteiger partial charge on any atom is 0.241 e. The molecule has 2 rings (SSSR count). The van der Waals surface area contributed by atoms with Gasteiger partial charge in [0.05, 0.1) is 12.7 Å². The molecule has 0 heterocycles. The van der Waals surface area contributed by atoms with E-state index in [2.05, 4.69) is 6.58 Å². The fraction of sp³-hybridized carbons (Fsp3) is 0.280. The number of ether oxygens (including phenoxy) is 1. The highest BCUT2D eigenvalue weighted by atomic mass is 16.5. The molecule has 1 atom stereocenters. The Balaban J connectivity index is 2.55. The molecular formula is C25H28O7. The van der Waals surface area contributed by atoms with Crippen LogP contribution in [0.4, 0.5) is 0 Å². The first-order valence-electron chi connectivity index (χ1n) is 9.99. The minimum atomic E-state index is -1.13. The Labute approximate surface area is 186 Å². The van der Waals surface area contributed by atoms with Gasteiger partial charge in [0.2, 0.25) is 11.6 Å². The second-order valence-corrected chi connectivity index (χ2v) is 7.92. The molecule has 0 saturated carbocycles. The third-order valence-corrected chi connectivity index (χ3v) is 5.18. The Hall–Kier alpha value is -3.74. The third-order valence-electron chi connectivity index (χ3n) is 5.18. The van der Waals surface area contributed by atoms with Crippen LogP contribution in [0.15, 0.2) is 48.1 Å². The average Bonchev–Trinajstić information content (AvgIpc) is 2.71. The molecule has 0 spiro atoms. The van der Waals surface area contributed by atoms with Crippen LogP contribution in [0.3, 0.4) is 0 Å². The number of allylic oxidation sites excluding steroid dienone is 3. The van der Waals surface area contributed by atoms with Crippen LogP contribution >= 0.6 is 0 Å². The largest absolute Gasteiger partial charge is 0.508 e. The Morgan fingerprint density at radius 2 is 1.69 bits per heavy atom. The van der Waals surface area contributed by atoms with E-state index in [0.717, 1.165) is 29.3 Å². The van der Waals surface area contributed by atoms with E-state index in [0.29, 0.717) is 6.42 Å². The van der Waals surface area contributed by atoms with E-state index >= 15 is 0 Å². The monoisotopic (exact) mass is 440 g/mol. The molecule has 2 aromatic rings. The topological polar surface area (TPSA) is 124 Å². The molecule has 32 heavy (non-hydrogen) atoms. The molecule has 0 aliphatic rings. The highest BCUT2D eigenvalue weighted by Crippen LogP contribution is 2.41. The number of carbonyl (C=O) groups excluding carboxylic acids is 2. The number of carbonyl (C=O) groups is 2. The summed E-state index contributed by atoms with van der Waals surface area (Å²) in [6, 6.07) is 4.36. The second-order valence-electron chi connectivity index (χ2n) is 7.92. The molecule has 7 nitrogen and oxygen atoms in total. The standard InChI is InChI=1S/C25H28O7/c1-13(2)6-7-15(14(3)4)10-18-20(28)12-21(32-5)22(23(18)29)25(31)24(30)17-9-8-16(26)11-19(17)27/h6,8-9,11-12,15,26-29H,3,7,10H2,1-2,4-5H3. The molecule has 7 heteroatoms. The van der Waals surface area contributed by atoms with Crippen molar-refractivity contribution in [1.82, 2.24) is 0 Å². The molecule has 4 N–H and O–H groups in total. The zero-order valence-electron chi connectivity index (χ0n) is 18.6. The molecular weight excluding hydrogens is 412 g/mol. The Morgan fingerprint density at radius 1 is 1.03 bits per heavy atom. The fourth-order valence-electron chi connectivity index (χ4n) is 3.29. The summed E-state index contributed by atoms with van der Waals surface area (Å²) in [6.07, 6.45) is 2.81. The van der Waals surface area contributed by atoms with Gasteiger partial charge in [0, 0.05) is 17.7 Å². The van der Waals surface area contributed by atoms with Crippen molar-refractivity contribution >= 4 is 11.6 Å². The molecule has 0 aromatic heterocycles. The number of rotatable bonds is 9. The van der Waals surface area contributed by atoms with Gasteiger partial charge in [0.25, 0.3) is 0 Å². The van der Waals surface area contributed by atoms with Gasteiger partial charge in [0.1, 0.15) is 34.3 Å². The number of Topliss-reactive ketones (excluding diaryl/α,β-unsaturated/α-hetero) is 2. The number of ketones is 2. The first-order chi connectivity index (χ1) is 15.0. The van der Waals surface area contributed by atoms with Gasteiger partial charge in [-0.1, -0.05) is 23.8 Å². The lowest BCUT2D eigenvalue weighted by atomic mass is 9.87. The van der Waals surface area contributed by atoms with Crippen LogP contribution in [0.2, 0.25) is 0 Å². The summed E-state index contributed by atoms with van der Waals surface area (Å²) in [6.45, 7) is 9.73. The second kappa shape index (κ2) is 10.0. The zero-order chi connectivity index (χ0) is 24.2. The summed E-state index contributed by atoms with van der Waals surface area (Å²) >= 11 is 0. The predicted octanol–water partition coefficient (Wildman–Crippen LogP) is 4.67. The van der Waals surface area contributed by atoms with Crippen molar-refractivity contribution < 1.29 is 34.8 Å². The number of methoxy groups -OCH3 is 1. The van der Waals surface area contributed by atoms with Crippen molar-refractivity contribution in [2.24, 2.45) is 5.92 Å². The SMILES string of the molecule is C=C(C)C(CC=C(C)C)Cc1c(O)cc(OC)c(C(=O)C(=O)c2ccc(O)cc2O)c1O. The summed E-state index contributed by atoms with van der Waals surface area (Å²) in [7, 11) is 1.23. The van der Waals surface area contributed by atoms with Crippen LogP contribution in [-0.2, 0) is 6.42 Å². The highest BCUT2D eigenvalue weighted by molar-refractivity contribution is 6.50. The Kier molecular flexibility index (Phi) is 7.70. The van der Waals surface area contributed by atoms with Gasteiger partial charge in [-0.25, -0.2) is 0 Å². The minimum Gasteiger partial charge on any atom is -0.508 e. The van der Waals surface area contributed by atoms with E-state index < -0.39 is 28.6 Å². The van der Waals surface area contributed by atoms with Crippen molar-refractivity contribution in [3.63, 3.8) is 0 Å². The van der Waals surface area contributed by atoms with Crippen LogP contribution in [0.25, 0.3) is 0 Å². The molecule has 2 aromatic carbocycles. The van der Waals surface area contributed by atoms with Gasteiger partial charge in [-0.15, -0.1) is 0 Å². The summed E-state index contributed by atoms with van der Waals surface area (Å²) in [5, 5.41) is 40.8. The van der Waals surface area contributed by atoms with Crippen LogP contribution < -0.4 is 4.74 Å². The Morgan fingerprint density at radius 3 is 2.22 bits per heavy atom. The van der Waals surface area contributed by atoms with Crippen molar-refractivity contribution in [2.45, 2.75) is 33.6 Å². The molecule has 0 amide bonds. The lowest BCUT2D eigenvalue weighted by molar-refractivity contribution is 0.0811. The fourth-order valence-corrected chi connectivity index (χ4v) is 3.29. The maximum absolute atomic E-state index is 13.0. The molecule has 170 valence electrons. The van der Waals surface area contributed by atoms with Crippen LogP contribution in [0.5, 0.6) is 28.7 Å². The number of phenols is 4. The van der Waals surface area contributed by atoms with Crippen molar-refractivity contribution in [2.75, 3.05) is 7.11 Å². The van der Waals surface area contributed by atoms with Crippen LogP contribution in [0, 0.1) is 5.92 Å². The van der Waals surface area contributed by atoms with Gasteiger partial charge in [-0.05, 0) is 51.7 Å². The van der Waals surface area contributed by atoms with Gasteiger partial charge < -0.3 is 25.2 Å². The number of hydrogen-bond acceptors (Lipinski definition) is 7. The van der Waals surface area contributed by atoms with Crippen molar-refractivity contribution in [3.05, 3.63) is 64.8 Å². The van der Waals surface area contributed by atoms with E-state index in [1.807, 2.05) is 26.8 Å². The number of benzene rings is 2. The first-order valence-corrected chi connectivity index (χ1v) is 9.99. The third kappa shape index (κ3) is 5.29. The van der Waals surface area contributed by atoms with Crippen molar-refractivity contribution in [1.29, 1.82) is 0 Å².